The minimum atomic E-state index is -0.327. The second kappa shape index (κ2) is 7.52. The van der Waals surface area contributed by atoms with Gasteiger partial charge < -0.3 is 15.2 Å². The van der Waals surface area contributed by atoms with E-state index >= 15 is 0 Å². The smallest absolute Gasteiger partial charge is 0.267 e. The molecule has 5 nitrogen and oxygen atoms in total. The lowest BCUT2D eigenvalue weighted by Gasteiger charge is -2.16. The summed E-state index contributed by atoms with van der Waals surface area (Å²) < 4.78 is 13.3. The number of nitrogens with one attached hydrogen (secondary N) is 2. The molecule has 0 radical (unpaired) electrons. The highest BCUT2D eigenvalue weighted by molar-refractivity contribution is 7.10. The van der Waals surface area contributed by atoms with Gasteiger partial charge in [0.15, 0.2) is 0 Å². The zero-order chi connectivity index (χ0) is 18.8. The van der Waals surface area contributed by atoms with Crippen LogP contribution in [-0.2, 0) is 11.2 Å². The molecule has 3 heterocycles. The van der Waals surface area contributed by atoms with E-state index in [-0.39, 0.29) is 23.5 Å². The SMILES string of the molecule is O=C(NCC1CCN(C(=O)Cc2cccs2)C1)c1cc2cc(F)ccc2[nH]1. The number of H-pyrrole nitrogens is 1. The highest BCUT2D eigenvalue weighted by atomic mass is 32.1. The Morgan fingerprint density at radius 1 is 1.30 bits per heavy atom. The minimum Gasteiger partial charge on any atom is -0.351 e. The molecular weight excluding hydrogens is 365 g/mol. The summed E-state index contributed by atoms with van der Waals surface area (Å²) in [7, 11) is 0. The van der Waals surface area contributed by atoms with Crippen LogP contribution in [-0.4, -0.2) is 41.3 Å². The summed E-state index contributed by atoms with van der Waals surface area (Å²) >= 11 is 1.59. The van der Waals surface area contributed by atoms with E-state index in [1.165, 1.54) is 12.1 Å². The van der Waals surface area contributed by atoms with Gasteiger partial charge >= 0.3 is 0 Å². The Labute approximate surface area is 160 Å². The molecule has 1 aromatic carbocycles. The second-order valence-corrected chi connectivity index (χ2v) is 7.91. The number of hydrogen-bond donors (Lipinski definition) is 2. The van der Waals surface area contributed by atoms with Crippen LogP contribution in [0.5, 0.6) is 0 Å². The fraction of sp³-hybridized carbons (Fsp3) is 0.300. The van der Waals surface area contributed by atoms with E-state index in [2.05, 4.69) is 10.3 Å². The number of thiophene rings is 1. The number of rotatable bonds is 5. The van der Waals surface area contributed by atoms with Crippen LogP contribution >= 0.6 is 11.3 Å². The van der Waals surface area contributed by atoms with Crippen LogP contribution in [0.1, 0.15) is 21.8 Å². The summed E-state index contributed by atoms with van der Waals surface area (Å²) in [6.45, 7) is 1.92. The Morgan fingerprint density at radius 2 is 2.19 bits per heavy atom. The van der Waals surface area contributed by atoms with Crippen LogP contribution in [0.4, 0.5) is 4.39 Å². The third-order valence-corrected chi connectivity index (χ3v) is 5.80. The van der Waals surface area contributed by atoms with E-state index in [0.29, 0.717) is 30.6 Å². The number of likely N-dealkylation sites (tertiary alicyclic amines) is 1. The van der Waals surface area contributed by atoms with Gasteiger partial charge in [0.1, 0.15) is 11.5 Å². The number of benzene rings is 1. The van der Waals surface area contributed by atoms with Gasteiger partial charge in [-0.25, -0.2) is 4.39 Å². The van der Waals surface area contributed by atoms with E-state index in [4.69, 9.17) is 0 Å². The molecule has 1 saturated heterocycles. The van der Waals surface area contributed by atoms with Gasteiger partial charge in [-0.15, -0.1) is 11.3 Å². The highest BCUT2D eigenvalue weighted by Gasteiger charge is 2.26. The van der Waals surface area contributed by atoms with Crippen molar-refractivity contribution < 1.29 is 14.0 Å². The van der Waals surface area contributed by atoms with Crippen molar-refractivity contribution in [3.8, 4) is 0 Å². The largest absolute Gasteiger partial charge is 0.351 e. The molecule has 2 aromatic heterocycles. The second-order valence-electron chi connectivity index (χ2n) is 6.88. The average molecular weight is 385 g/mol. The van der Waals surface area contributed by atoms with Crippen LogP contribution in [0.15, 0.2) is 41.8 Å². The molecule has 0 spiro atoms. The fourth-order valence-corrected chi connectivity index (χ4v) is 4.15. The Balaban J connectivity index is 1.29. The lowest BCUT2D eigenvalue weighted by atomic mass is 10.1. The van der Waals surface area contributed by atoms with Gasteiger partial charge in [-0.05, 0) is 48.1 Å². The van der Waals surface area contributed by atoms with Crippen molar-refractivity contribution in [3.05, 3.63) is 58.2 Å². The highest BCUT2D eigenvalue weighted by Crippen LogP contribution is 2.19. The molecule has 0 saturated carbocycles. The first-order valence-corrected chi connectivity index (χ1v) is 9.83. The van der Waals surface area contributed by atoms with Crippen molar-refractivity contribution in [1.82, 2.24) is 15.2 Å². The summed E-state index contributed by atoms with van der Waals surface area (Å²) in [5.41, 5.74) is 1.15. The maximum atomic E-state index is 13.3. The van der Waals surface area contributed by atoms with E-state index in [9.17, 15) is 14.0 Å². The number of carbonyl (C=O) groups excluding carboxylic acids is 2. The minimum absolute atomic E-state index is 0.143. The summed E-state index contributed by atoms with van der Waals surface area (Å²) in [5.74, 6) is -0.145. The van der Waals surface area contributed by atoms with Gasteiger partial charge in [0.05, 0.1) is 6.42 Å². The standard InChI is InChI=1S/C20H20FN3O2S/c21-15-3-4-17-14(8-15)9-18(23-17)20(26)22-11-13-5-6-24(12-13)19(25)10-16-2-1-7-27-16/h1-4,7-9,13,23H,5-6,10-12H2,(H,22,26). The Morgan fingerprint density at radius 3 is 3.00 bits per heavy atom. The molecule has 1 fully saturated rings. The number of nitrogens with zero attached hydrogens (tertiary/aromatic N) is 1. The van der Waals surface area contributed by atoms with Gasteiger partial charge in [0.25, 0.3) is 5.91 Å². The number of halogens is 1. The van der Waals surface area contributed by atoms with Crippen LogP contribution in [0.2, 0.25) is 0 Å². The molecule has 3 aromatic rings. The van der Waals surface area contributed by atoms with Crippen LogP contribution in [0.25, 0.3) is 10.9 Å². The molecule has 1 atom stereocenters. The molecule has 0 bridgehead atoms. The van der Waals surface area contributed by atoms with E-state index in [0.717, 1.165) is 23.4 Å². The van der Waals surface area contributed by atoms with Gasteiger partial charge in [-0.1, -0.05) is 6.07 Å². The summed E-state index contributed by atoms with van der Waals surface area (Å²) in [6.07, 6.45) is 1.33. The Hall–Kier alpha value is -2.67. The number of carbonyl (C=O) groups is 2. The summed E-state index contributed by atoms with van der Waals surface area (Å²) in [5, 5.41) is 5.57. The van der Waals surface area contributed by atoms with Crippen molar-refractivity contribution in [2.24, 2.45) is 5.92 Å². The first kappa shape index (κ1) is 17.7. The van der Waals surface area contributed by atoms with E-state index < -0.39 is 0 Å². The zero-order valence-electron chi connectivity index (χ0n) is 14.7. The molecule has 1 aliphatic heterocycles. The normalized spacial score (nSPS) is 16.8. The third-order valence-electron chi connectivity index (χ3n) is 4.92. The molecule has 0 aliphatic carbocycles. The van der Waals surface area contributed by atoms with Gasteiger partial charge in [-0.3, -0.25) is 9.59 Å². The molecule has 4 rings (SSSR count). The van der Waals surface area contributed by atoms with Crippen molar-refractivity contribution >= 4 is 34.1 Å². The van der Waals surface area contributed by atoms with Gasteiger partial charge in [0.2, 0.25) is 5.91 Å². The fourth-order valence-electron chi connectivity index (χ4n) is 3.46. The number of hydrogen-bond acceptors (Lipinski definition) is 3. The predicted molar refractivity (Wildman–Crippen MR) is 103 cm³/mol. The molecule has 2 N–H and O–H groups in total. The lowest BCUT2D eigenvalue weighted by molar-refractivity contribution is -0.129. The van der Waals surface area contributed by atoms with Crippen molar-refractivity contribution in [1.29, 1.82) is 0 Å². The van der Waals surface area contributed by atoms with Crippen LogP contribution < -0.4 is 5.32 Å². The first-order valence-electron chi connectivity index (χ1n) is 8.95. The lowest BCUT2D eigenvalue weighted by Crippen LogP contribution is -2.33. The molecule has 7 heteroatoms. The number of aromatic amines is 1. The predicted octanol–water partition coefficient (Wildman–Crippen LogP) is 3.19. The molecule has 140 valence electrons. The van der Waals surface area contributed by atoms with Crippen molar-refractivity contribution in [3.63, 3.8) is 0 Å². The maximum Gasteiger partial charge on any atom is 0.267 e. The topological polar surface area (TPSA) is 65.2 Å². The molecule has 2 amide bonds. The number of amides is 2. The summed E-state index contributed by atoms with van der Waals surface area (Å²) in [6, 6.07) is 9.96. The molecule has 27 heavy (non-hydrogen) atoms. The van der Waals surface area contributed by atoms with Crippen molar-refractivity contribution in [2.75, 3.05) is 19.6 Å². The average Bonchev–Trinajstić information content (AvgIpc) is 3.39. The number of fused-ring (bicyclic) bond motifs is 1. The number of aromatic nitrogens is 1. The Kier molecular flexibility index (Phi) is 4.94. The summed E-state index contributed by atoms with van der Waals surface area (Å²) in [4.78, 5) is 30.7. The zero-order valence-corrected chi connectivity index (χ0v) is 15.5. The molecular formula is C20H20FN3O2S. The van der Waals surface area contributed by atoms with Gasteiger partial charge in [0, 0.05) is 35.4 Å². The maximum absolute atomic E-state index is 13.3. The first-order chi connectivity index (χ1) is 13.1. The van der Waals surface area contributed by atoms with E-state index in [1.807, 2.05) is 22.4 Å². The molecule has 1 aliphatic rings. The van der Waals surface area contributed by atoms with Gasteiger partial charge in [-0.2, -0.15) is 0 Å². The third kappa shape index (κ3) is 4.03. The molecule has 1 unspecified atom stereocenters. The Bertz CT molecular complexity index is 967. The van der Waals surface area contributed by atoms with Crippen molar-refractivity contribution in [2.45, 2.75) is 12.8 Å². The van der Waals surface area contributed by atoms with Crippen LogP contribution in [0, 0.1) is 11.7 Å². The monoisotopic (exact) mass is 385 g/mol. The quantitative estimate of drug-likeness (QED) is 0.708. The van der Waals surface area contributed by atoms with E-state index in [1.54, 1.807) is 23.5 Å². The van der Waals surface area contributed by atoms with Crippen LogP contribution in [0.3, 0.4) is 0 Å².